The van der Waals surface area contributed by atoms with E-state index in [-0.39, 0.29) is 0 Å². The van der Waals surface area contributed by atoms with Crippen LogP contribution < -0.4 is 0 Å². The predicted octanol–water partition coefficient (Wildman–Crippen LogP) is 2.38. The van der Waals surface area contributed by atoms with E-state index in [0.717, 1.165) is 15.6 Å². The maximum atomic E-state index is 11.7. The molecule has 0 saturated carbocycles. The summed E-state index contributed by atoms with van der Waals surface area (Å²) < 4.78 is 5.69. The fraction of sp³-hybridized carbons (Fsp3) is 0.333. The third kappa shape index (κ3) is 1.52. The minimum atomic E-state index is -1.05. The zero-order chi connectivity index (χ0) is 11.8. The van der Waals surface area contributed by atoms with Crippen molar-refractivity contribution < 1.29 is 9.53 Å². The molecule has 0 spiro atoms. The van der Waals surface area contributed by atoms with E-state index in [4.69, 9.17) is 11.3 Å². The molecule has 0 amide bonds. The molecule has 0 N–H and O–H groups in total. The predicted molar refractivity (Wildman–Crippen MR) is 62.9 cm³/mol. The highest BCUT2D eigenvalue weighted by molar-refractivity contribution is 9.10. The number of rotatable bonds is 1. The number of benzene rings is 1. The molecule has 1 atom stereocenters. The number of carbonyl (C=O) groups is 1. The largest absolute Gasteiger partial charge is 0.463 e. The fourth-order valence-electron chi connectivity index (χ4n) is 2.10. The standard InChI is InChI=1S/C12H10BrNO2/c1-14-12(11(15)16-2)6-8-4-3-5-10(13)9(8)7-12/h3-5H,6-7H2,2H3. The maximum Gasteiger partial charge on any atom is 0.393 e. The van der Waals surface area contributed by atoms with Gasteiger partial charge in [0.2, 0.25) is 0 Å². The molecule has 1 aromatic carbocycles. The molecule has 0 radical (unpaired) electrons. The molecule has 1 unspecified atom stereocenters. The normalized spacial score (nSPS) is 22.3. The van der Waals surface area contributed by atoms with E-state index in [0.29, 0.717) is 12.8 Å². The van der Waals surface area contributed by atoms with Crippen molar-refractivity contribution in [2.24, 2.45) is 0 Å². The van der Waals surface area contributed by atoms with Crippen LogP contribution >= 0.6 is 15.9 Å². The summed E-state index contributed by atoms with van der Waals surface area (Å²) in [7, 11) is 1.33. The van der Waals surface area contributed by atoms with E-state index < -0.39 is 11.5 Å². The molecule has 0 bridgehead atoms. The molecule has 1 aromatic rings. The number of halogens is 1. The summed E-state index contributed by atoms with van der Waals surface area (Å²) in [5.41, 5.74) is 1.04. The second kappa shape index (κ2) is 3.91. The van der Waals surface area contributed by atoms with Gasteiger partial charge in [-0.3, -0.25) is 4.85 Å². The minimum Gasteiger partial charge on any atom is -0.463 e. The number of nitrogens with zero attached hydrogens (tertiary/aromatic N) is 1. The van der Waals surface area contributed by atoms with Crippen LogP contribution in [-0.2, 0) is 22.4 Å². The summed E-state index contributed by atoms with van der Waals surface area (Å²) in [6.45, 7) is 7.24. The van der Waals surface area contributed by atoms with Gasteiger partial charge in [0.15, 0.2) is 0 Å². The van der Waals surface area contributed by atoms with Crippen molar-refractivity contribution in [2.75, 3.05) is 7.11 Å². The molecule has 0 heterocycles. The highest BCUT2D eigenvalue weighted by Gasteiger charge is 2.52. The van der Waals surface area contributed by atoms with E-state index in [1.54, 1.807) is 0 Å². The summed E-state index contributed by atoms with van der Waals surface area (Å²) in [6, 6.07) is 5.80. The van der Waals surface area contributed by atoms with Crippen molar-refractivity contribution in [1.29, 1.82) is 0 Å². The first-order chi connectivity index (χ1) is 7.63. The van der Waals surface area contributed by atoms with Crippen LogP contribution in [-0.4, -0.2) is 18.6 Å². The number of esters is 1. The molecule has 0 fully saturated rings. The zero-order valence-electron chi connectivity index (χ0n) is 8.79. The highest BCUT2D eigenvalue weighted by atomic mass is 79.9. The van der Waals surface area contributed by atoms with Gasteiger partial charge in [0.25, 0.3) is 0 Å². The third-order valence-electron chi connectivity index (χ3n) is 2.95. The van der Waals surface area contributed by atoms with Crippen LogP contribution in [0.15, 0.2) is 22.7 Å². The lowest BCUT2D eigenvalue weighted by molar-refractivity contribution is -0.145. The van der Waals surface area contributed by atoms with Gasteiger partial charge in [-0.1, -0.05) is 28.1 Å². The number of methoxy groups -OCH3 is 1. The second-order valence-corrected chi connectivity index (χ2v) is 4.72. The Morgan fingerprint density at radius 2 is 2.31 bits per heavy atom. The van der Waals surface area contributed by atoms with Crippen LogP contribution in [0.5, 0.6) is 0 Å². The van der Waals surface area contributed by atoms with Crippen LogP contribution in [0, 0.1) is 6.57 Å². The van der Waals surface area contributed by atoms with Crippen molar-refractivity contribution in [3.8, 4) is 0 Å². The lowest BCUT2D eigenvalue weighted by Crippen LogP contribution is -2.37. The van der Waals surface area contributed by atoms with E-state index >= 15 is 0 Å². The molecule has 0 aromatic heterocycles. The van der Waals surface area contributed by atoms with Gasteiger partial charge in [0.1, 0.15) is 0 Å². The van der Waals surface area contributed by atoms with Crippen LogP contribution in [0.1, 0.15) is 11.1 Å². The SMILES string of the molecule is [C-]#[N+]C1(C(=O)OC)Cc2cccc(Br)c2C1. The summed E-state index contributed by atoms with van der Waals surface area (Å²) in [6.07, 6.45) is 0.873. The number of hydrogen-bond donors (Lipinski definition) is 0. The van der Waals surface area contributed by atoms with Gasteiger partial charge < -0.3 is 4.74 Å². The Labute approximate surface area is 102 Å². The Balaban J connectivity index is 2.45. The highest BCUT2D eigenvalue weighted by Crippen LogP contribution is 2.37. The number of carbonyl (C=O) groups excluding carboxylic acids is 1. The van der Waals surface area contributed by atoms with Crippen LogP contribution in [0.25, 0.3) is 4.85 Å². The molecule has 0 saturated heterocycles. The number of hydrogen-bond acceptors (Lipinski definition) is 2. The second-order valence-electron chi connectivity index (χ2n) is 3.87. The molecule has 4 heteroatoms. The molecule has 1 aliphatic rings. The van der Waals surface area contributed by atoms with Crippen LogP contribution in [0.2, 0.25) is 0 Å². The first-order valence-corrected chi connectivity index (χ1v) is 5.65. The topological polar surface area (TPSA) is 30.7 Å². The van der Waals surface area contributed by atoms with Gasteiger partial charge in [0, 0.05) is 4.47 Å². The lowest BCUT2D eigenvalue weighted by Gasteiger charge is -2.11. The summed E-state index contributed by atoms with van der Waals surface area (Å²) in [4.78, 5) is 15.2. The Morgan fingerprint density at radius 1 is 1.56 bits per heavy atom. The lowest BCUT2D eigenvalue weighted by atomic mass is 9.97. The monoisotopic (exact) mass is 279 g/mol. The van der Waals surface area contributed by atoms with Gasteiger partial charge in [0.05, 0.1) is 20.0 Å². The first kappa shape index (κ1) is 11.2. The van der Waals surface area contributed by atoms with E-state index in [9.17, 15) is 4.79 Å². The summed E-state index contributed by atoms with van der Waals surface area (Å²) >= 11 is 3.44. The van der Waals surface area contributed by atoms with Crippen molar-refractivity contribution in [3.05, 3.63) is 45.2 Å². The Kier molecular flexibility index (Phi) is 2.73. The first-order valence-electron chi connectivity index (χ1n) is 4.86. The molecule has 3 nitrogen and oxygen atoms in total. The molecular weight excluding hydrogens is 270 g/mol. The van der Waals surface area contributed by atoms with Gasteiger partial charge in [-0.05, 0) is 17.2 Å². The van der Waals surface area contributed by atoms with Crippen molar-refractivity contribution in [1.82, 2.24) is 0 Å². The Bertz CT molecular complexity index is 492. The smallest absolute Gasteiger partial charge is 0.393 e. The molecular formula is C12H10BrNO2. The quantitative estimate of drug-likeness (QED) is 0.584. The molecule has 82 valence electrons. The van der Waals surface area contributed by atoms with Crippen molar-refractivity contribution in [2.45, 2.75) is 18.4 Å². The number of ether oxygens (including phenoxy) is 1. The molecule has 16 heavy (non-hydrogen) atoms. The van der Waals surface area contributed by atoms with E-state index in [1.807, 2.05) is 18.2 Å². The average molecular weight is 280 g/mol. The zero-order valence-corrected chi connectivity index (χ0v) is 10.4. The molecule has 1 aliphatic carbocycles. The fourth-order valence-corrected chi connectivity index (χ4v) is 2.64. The minimum absolute atomic E-state index is 0.430. The van der Waals surface area contributed by atoms with Crippen LogP contribution in [0.4, 0.5) is 0 Å². The Hall–Kier alpha value is -1.34. The Morgan fingerprint density at radius 3 is 2.88 bits per heavy atom. The summed E-state index contributed by atoms with van der Waals surface area (Å²) in [5.74, 6) is -0.439. The van der Waals surface area contributed by atoms with Gasteiger partial charge in [-0.15, -0.1) is 0 Å². The average Bonchev–Trinajstić information content (AvgIpc) is 2.69. The molecule has 2 rings (SSSR count). The van der Waals surface area contributed by atoms with Gasteiger partial charge in [-0.25, -0.2) is 11.4 Å². The van der Waals surface area contributed by atoms with Crippen molar-refractivity contribution >= 4 is 21.9 Å². The van der Waals surface area contributed by atoms with Gasteiger partial charge >= 0.3 is 11.5 Å². The van der Waals surface area contributed by atoms with Gasteiger partial charge in [-0.2, -0.15) is 0 Å². The molecule has 0 aliphatic heterocycles. The van der Waals surface area contributed by atoms with E-state index in [1.165, 1.54) is 7.11 Å². The van der Waals surface area contributed by atoms with Crippen molar-refractivity contribution in [3.63, 3.8) is 0 Å². The third-order valence-corrected chi connectivity index (χ3v) is 3.69. The maximum absolute atomic E-state index is 11.7. The van der Waals surface area contributed by atoms with Crippen LogP contribution in [0.3, 0.4) is 0 Å². The number of fused-ring (bicyclic) bond motifs is 1. The van der Waals surface area contributed by atoms with E-state index in [2.05, 4.69) is 20.8 Å². The summed E-state index contributed by atoms with van der Waals surface area (Å²) in [5, 5.41) is 0.